The Kier molecular flexibility index (Phi) is 4.30. The first kappa shape index (κ1) is 14.5. The fourth-order valence-corrected chi connectivity index (χ4v) is 2.80. The third-order valence-electron chi connectivity index (χ3n) is 3.45. The van der Waals surface area contributed by atoms with Crippen LogP contribution in [0, 0.1) is 0 Å². The van der Waals surface area contributed by atoms with Crippen molar-refractivity contribution < 1.29 is 4.79 Å². The highest BCUT2D eigenvalue weighted by molar-refractivity contribution is 7.13. The van der Waals surface area contributed by atoms with Crippen molar-refractivity contribution in [2.24, 2.45) is 0 Å². The highest BCUT2D eigenvalue weighted by Gasteiger charge is 2.06. The predicted molar refractivity (Wildman–Crippen MR) is 91.3 cm³/mol. The van der Waals surface area contributed by atoms with Gasteiger partial charge in [0.15, 0.2) is 0 Å². The number of nitrogens with zero attached hydrogens (tertiary/aromatic N) is 1. The molecule has 0 bridgehead atoms. The number of aryl methyl sites for hydroxylation is 1. The fourth-order valence-electron chi connectivity index (χ4n) is 2.16. The normalized spacial score (nSPS) is 10.4. The molecular formula is C18H16N2OS. The van der Waals surface area contributed by atoms with E-state index < -0.39 is 0 Å². The number of carbonyl (C=O) groups is 1. The van der Waals surface area contributed by atoms with Gasteiger partial charge in [0.1, 0.15) is 5.01 Å². The SMILES string of the molecule is CCc1ccc(C(=O)Nc2ccc(-c3nccs3)cc2)cc1. The molecule has 0 radical (unpaired) electrons. The Balaban J connectivity index is 1.71. The standard InChI is InChI=1S/C18H16N2OS/c1-2-13-3-5-14(6-4-13)17(21)20-16-9-7-15(8-10-16)18-19-11-12-22-18/h3-12H,2H2,1H3,(H,20,21). The highest BCUT2D eigenvalue weighted by Crippen LogP contribution is 2.23. The van der Waals surface area contributed by atoms with E-state index in [1.54, 1.807) is 17.5 Å². The Hall–Kier alpha value is -2.46. The van der Waals surface area contributed by atoms with Crippen molar-refractivity contribution in [1.29, 1.82) is 0 Å². The van der Waals surface area contributed by atoms with Gasteiger partial charge in [-0.3, -0.25) is 4.79 Å². The van der Waals surface area contributed by atoms with E-state index in [1.165, 1.54) is 5.56 Å². The van der Waals surface area contributed by atoms with Crippen LogP contribution in [0.2, 0.25) is 0 Å². The summed E-state index contributed by atoms with van der Waals surface area (Å²) in [4.78, 5) is 16.5. The molecule has 0 spiro atoms. The third kappa shape index (κ3) is 3.23. The molecule has 3 aromatic rings. The number of nitrogens with one attached hydrogen (secondary N) is 1. The minimum absolute atomic E-state index is 0.0929. The van der Waals surface area contributed by atoms with Gasteiger partial charge in [-0.1, -0.05) is 19.1 Å². The zero-order valence-corrected chi connectivity index (χ0v) is 13.1. The lowest BCUT2D eigenvalue weighted by molar-refractivity contribution is 0.102. The maximum Gasteiger partial charge on any atom is 0.255 e. The van der Waals surface area contributed by atoms with Crippen molar-refractivity contribution in [2.45, 2.75) is 13.3 Å². The number of hydrogen-bond acceptors (Lipinski definition) is 3. The van der Waals surface area contributed by atoms with E-state index in [9.17, 15) is 4.79 Å². The van der Waals surface area contributed by atoms with Crippen LogP contribution in [-0.2, 0) is 6.42 Å². The van der Waals surface area contributed by atoms with Crippen molar-refractivity contribution in [3.05, 3.63) is 71.2 Å². The first-order valence-corrected chi connectivity index (χ1v) is 8.04. The van der Waals surface area contributed by atoms with Gasteiger partial charge in [-0.15, -0.1) is 11.3 Å². The van der Waals surface area contributed by atoms with E-state index in [0.29, 0.717) is 5.56 Å². The summed E-state index contributed by atoms with van der Waals surface area (Å²) in [6.45, 7) is 2.10. The quantitative estimate of drug-likeness (QED) is 0.764. The molecule has 0 unspecified atom stereocenters. The van der Waals surface area contributed by atoms with Gasteiger partial charge >= 0.3 is 0 Å². The molecule has 0 aliphatic rings. The lowest BCUT2D eigenvalue weighted by atomic mass is 10.1. The summed E-state index contributed by atoms with van der Waals surface area (Å²) < 4.78 is 0. The molecule has 1 N–H and O–H groups in total. The van der Waals surface area contributed by atoms with E-state index in [0.717, 1.165) is 22.7 Å². The zero-order chi connectivity index (χ0) is 15.4. The van der Waals surface area contributed by atoms with Crippen LogP contribution in [0.15, 0.2) is 60.1 Å². The molecule has 4 heteroatoms. The van der Waals surface area contributed by atoms with E-state index in [4.69, 9.17) is 0 Å². The highest BCUT2D eigenvalue weighted by atomic mass is 32.1. The number of amides is 1. The largest absolute Gasteiger partial charge is 0.322 e. The molecule has 0 saturated carbocycles. The van der Waals surface area contributed by atoms with E-state index in [2.05, 4.69) is 17.2 Å². The monoisotopic (exact) mass is 308 g/mol. The van der Waals surface area contributed by atoms with Crippen molar-refractivity contribution in [2.75, 3.05) is 5.32 Å². The van der Waals surface area contributed by atoms with Gasteiger partial charge in [-0.05, 0) is 48.4 Å². The Morgan fingerprint density at radius 2 is 1.82 bits per heavy atom. The summed E-state index contributed by atoms with van der Waals surface area (Å²) in [5, 5.41) is 5.84. The minimum atomic E-state index is -0.0929. The molecule has 0 aliphatic carbocycles. The summed E-state index contributed by atoms with van der Waals surface area (Å²) in [5.74, 6) is -0.0929. The van der Waals surface area contributed by atoms with E-state index in [1.807, 2.05) is 53.9 Å². The number of thiazole rings is 1. The van der Waals surface area contributed by atoms with Crippen molar-refractivity contribution >= 4 is 22.9 Å². The second-order valence-corrected chi connectivity index (χ2v) is 5.81. The van der Waals surface area contributed by atoms with Crippen LogP contribution in [-0.4, -0.2) is 10.9 Å². The van der Waals surface area contributed by atoms with Gasteiger partial charge < -0.3 is 5.32 Å². The van der Waals surface area contributed by atoms with Gasteiger partial charge in [0.05, 0.1) is 0 Å². The number of aromatic nitrogens is 1. The molecule has 1 aromatic heterocycles. The molecule has 110 valence electrons. The predicted octanol–water partition coefficient (Wildman–Crippen LogP) is 4.62. The Morgan fingerprint density at radius 1 is 1.09 bits per heavy atom. The van der Waals surface area contributed by atoms with Crippen LogP contribution < -0.4 is 5.32 Å². The Labute approximate surface area is 133 Å². The summed E-state index contributed by atoms with van der Waals surface area (Å²) in [6.07, 6.45) is 2.76. The number of rotatable bonds is 4. The summed E-state index contributed by atoms with van der Waals surface area (Å²) >= 11 is 1.60. The topological polar surface area (TPSA) is 42.0 Å². The van der Waals surface area contributed by atoms with Gasteiger partial charge in [0.2, 0.25) is 0 Å². The molecule has 0 aliphatic heterocycles. The zero-order valence-electron chi connectivity index (χ0n) is 12.2. The second kappa shape index (κ2) is 6.54. The molecular weight excluding hydrogens is 292 g/mol. The van der Waals surface area contributed by atoms with Crippen LogP contribution in [0.1, 0.15) is 22.8 Å². The molecule has 0 fully saturated rings. The van der Waals surface area contributed by atoms with Crippen LogP contribution >= 0.6 is 11.3 Å². The van der Waals surface area contributed by atoms with Crippen LogP contribution in [0.3, 0.4) is 0 Å². The average molecular weight is 308 g/mol. The molecule has 3 nitrogen and oxygen atoms in total. The summed E-state index contributed by atoms with van der Waals surface area (Å²) in [5.41, 5.74) is 3.73. The molecule has 2 aromatic carbocycles. The Bertz CT molecular complexity index is 747. The minimum Gasteiger partial charge on any atom is -0.322 e. The average Bonchev–Trinajstić information content (AvgIpc) is 3.10. The number of carbonyl (C=O) groups excluding carboxylic acids is 1. The maximum absolute atomic E-state index is 12.2. The molecule has 22 heavy (non-hydrogen) atoms. The third-order valence-corrected chi connectivity index (χ3v) is 4.27. The van der Waals surface area contributed by atoms with Crippen molar-refractivity contribution in [3.8, 4) is 10.6 Å². The van der Waals surface area contributed by atoms with Gasteiger partial charge in [0, 0.05) is 28.4 Å². The lowest BCUT2D eigenvalue weighted by Gasteiger charge is -2.06. The maximum atomic E-state index is 12.2. The first-order chi connectivity index (χ1) is 10.8. The first-order valence-electron chi connectivity index (χ1n) is 7.16. The molecule has 1 heterocycles. The second-order valence-electron chi connectivity index (χ2n) is 4.92. The number of benzene rings is 2. The lowest BCUT2D eigenvalue weighted by Crippen LogP contribution is -2.11. The summed E-state index contributed by atoms with van der Waals surface area (Å²) in [7, 11) is 0. The van der Waals surface area contributed by atoms with E-state index in [-0.39, 0.29) is 5.91 Å². The van der Waals surface area contributed by atoms with Gasteiger partial charge in [-0.25, -0.2) is 4.98 Å². The van der Waals surface area contributed by atoms with Gasteiger partial charge in [-0.2, -0.15) is 0 Å². The summed E-state index contributed by atoms with van der Waals surface area (Å²) in [6, 6.07) is 15.4. The molecule has 0 atom stereocenters. The smallest absolute Gasteiger partial charge is 0.255 e. The number of hydrogen-bond donors (Lipinski definition) is 1. The van der Waals surface area contributed by atoms with Crippen LogP contribution in [0.25, 0.3) is 10.6 Å². The molecule has 0 saturated heterocycles. The van der Waals surface area contributed by atoms with E-state index >= 15 is 0 Å². The van der Waals surface area contributed by atoms with Crippen LogP contribution in [0.4, 0.5) is 5.69 Å². The van der Waals surface area contributed by atoms with Crippen LogP contribution in [0.5, 0.6) is 0 Å². The van der Waals surface area contributed by atoms with Gasteiger partial charge in [0.25, 0.3) is 5.91 Å². The molecule has 1 amide bonds. The fraction of sp³-hybridized carbons (Fsp3) is 0.111. The van der Waals surface area contributed by atoms with Crippen molar-refractivity contribution in [1.82, 2.24) is 4.98 Å². The molecule has 3 rings (SSSR count). The number of anilines is 1. The van der Waals surface area contributed by atoms with Crippen molar-refractivity contribution in [3.63, 3.8) is 0 Å². The Morgan fingerprint density at radius 3 is 2.41 bits per heavy atom.